The molecule has 0 aromatic carbocycles. The van der Waals surface area contributed by atoms with Gasteiger partial charge in [-0.2, -0.15) is 0 Å². The Labute approximate surface area is 359 Å². The van der Waals surface area contributed by atoms with Crippen molar-refractivity contribution in [1.29, 1.82) is 0 Å². The molecule has 1 rings (SSSR count). The van der Waals surface area contributed by atoms with E-state index < -0.39 is 32.5 Å². The third-order valence-electron chi connectivity index (χ3n) is 9.61. The van der Waals surface area contributed by atoms with E-state index in [-0.39, 0.29) is 26.1 Å². The number of nitrogens with zero attached hydrogens (tertiary/aromatic N) is 1. The largest absolute Gasteiger partial charge is 0.472 e. The highest BCUT2D eigenvalue weighted by Gasteiger charge is 2.36. The third kappa shape index (κ3) is 36.9. The molecule has 59 heavy (non-hydrogen) atoms. The predicted molar refractivity (Wildman–Crippen MR) is 242 cm³/mol. The Hall–Kier alpha value is -2.59. The minimum Gasteiger partial charge on any atom is -0.462 e. The lowest BCUT2D eigenvalue weighted by molar-refractivity contribution is -0.870. The lowest BCUT2D eigenvalue weighted by Gasteiger charge is -2.24. The fourth-order valence-electron chi connectivity index (χ4n) is 5.88. The molecule has 0 spiro atoms. The summed E-state index contributed by atoms with van der Waals surface area (Å²) < 4.78 is 40.0. The van der Waals surface area contributed by atoms with Crippen molar-refractivity contribution in [1.82, 2.24) is 0 Å². The monoisotopic (exact) mass is 849 g/mol. The van der Waals surface area contributed by atoms with Crippen molar-refractivity contribution in [3.05, 3.63) is 72.9 Å². The molecule has 0 bridgehead atoms. The molecule has 3 unspecified atom stereocenters. The highest BCUT2D eigenvalue weighted by atomic mass is 31.2. The molecular weight excluding hydrogens is 766 g/mol. The molecule has 1 aliphatic rings. The minimum atomic E-state index is -4.40. The van der Waals surface area contributed by atoms with Gasteiger partial charge in [0.25, 0.3) is 0 Å². The number of rotatable bonds is 39. The molecule has 11 heteroatoms. The number of epoxide rings is 1. The standard InChI is InChI=1S/C48H82NO9P/c1-6-8-10-12-14-15-16-17-18-19-20-21-22-23-26-31-35-39-48(51)57-44(43-56-59(52,53)55-41-40-49(3,4)5)42-54-47(50)38-34-30-27-24-25-29-33-37-46-45(58-46)36-32-28-13-11-9-7-2/h14-15,17-18,20-21,24,27-29,32-33,44-46H,6-13,16,19,22-23,25-26,30-31,34-43H2,1-5H3/p+1/b15-14-,18-17-,21-20-,27-24-,32-28-,33-29-/t44-,45?,46?/m1/s1. The Bertz CT molecular complexity index is 1300. The average Bonchev–Trinajstić information content (AvgIpc) is 3.94. The molecule has 0 saturated carbocycles. The summed E-state index contributed by atoms with van der Waals surface area (Å²) in [6.45, 7) is 4.24. The van der Waals surface area contributed by atoms with Crippen molar-refractivity contribution in [3.63, 3.8) is 0 Å². The number of allylic oxidation sites excluding steroid dienone is 10. The maximum atomic E-state index is 12.7. The molecule has 0 aromatic rings. The second kappa shape index (κ2) is 36.1. The SMILES string of the molecule is CCCCC/C=C\C/C=C\C/C=C\CCCCCCC(=O)O[C@H](COC(=O)CCC/C=C\C/C=C\CC1OC1C/C=C\CCCCC)COP(=O)(O)OCC[N+](C)(C)C. The number of unbranched alkanes of at least 4 members (excludes halogenated alkanes) is 11. The summed E-state index contributed by atoms with van der Waals surface area (Å²) in [5.41, 5.74) is 0. The Morgan fingerprint density at radius 1 is 0.610 bits per heavy atom. The average molecular weight is 849 g/mol. The number of hydrogen-bond donors (Lipinski definition) is 1. The van der Waals surface area contributed by atoms with Crippen molar-refractivity contribution in [2.24, 2.45) is 0 Å². The number of phosphoric acid groups is 1. The van der Waals surface area contributed by atoms with Gasteiger partial charge in [-0.15, -0.1) is 0 Å². The molecule has 1 aliphatic heterocycles. The normalized spacial score (nSPS) is 17.7. The summed E-state index contributed by atoms with van der Waals surface area (Å²) >= 11 is 0. The number of phosphoric ester groups is 1. The maximum absolute atomic E-state index is 12.7. The van der Waals surface area contributed by atoms with Gasteiger partial charge in [0.1, 0.15) is 19.8 Å². The Balaban J connectivity index is 2.34. The van der Waals surface area contributed by atoms with E-state index in [0.717, 1.165) is 70.6 Å². The van der Waals surface area contributed by atoms with Crippen LogP contribution in [0.2, 0.25) is 0 Å². The summed E-state index contributed by atoms with van der Waals surface area (Å²) in [7, 11) is 1.41. The van der Waals surface area contributed by atoms with E-state index in [1.165, 1.54) is 44.9 Å². The zero-order chi connectivity index (χ0) is 43.3. The zero-order valence-corrected chi connectivity index (χ0v) is 38.5. The second-order valence-corrected chi connectivity index (χ2v) is 17.9. The fourth-order valence-corrected chi connectivity index (χ4v) is 6.62. The highest BCUT2D eigenvalue weighted by molar-refractivity contribution is 7.47. The van der Waals surface area contributed by atoms with E-state index in [1.54, 1.807) is 0 Å². The Kier molecular flexibility index (Phi) is 33.3. The van der Waals surface area contributed by atoms with Crippen LogP contribution < -0.4 is 0 Å². The summed E-state index contributed by atoms with van der Waals surface area (Å²) in [6, 6.07) is 0. The zero-order valence-electron chi connectivity index (χ0n) is 37.7. The number of ether oxygens (including phenoxy) is 3. The first-order valence-corrected chi connectivity index (χ1v) is 24.3. The Morgan fingerprint density at radius 2 is 1.08 bits per heavy atom. The maximum Gasteiger partial charge on any atom is 0.472 e. The number of hydrogen-bond acceptors (Lipinski definition) is 8. The van der Waals surface area contributed by atoms with Crippen molar-refractivity contribution in [3.8, 4) is 0 Å². The van der Waals surface area contributed by atoms with Gasteiger partial charge in [0.15, 0.2) is 6.10 Å². The molecule has 0 amide bonds. The number of esters is 2. The van der Waals surface area contributed by atoms with Crippen molar-refractivity contribution in [2.45, 2.75) is 173 Å². The van der Waals surface area contributed by atoms with Crippen LogP contribution in [0.3, 0.4) is 0 Å². The Morgan fingerprint density at radius 3 is 1.66 bits per heavy atom. The number of likely N-dealkylation sites (N-methyl/N-ethyl adjacent to an activating group) is 1. The molecule has 0 aliphatic carbocycles. The highest BCUT2D eigenvalue weighted by Crippen LogP contribution is 2.43. The van der Waals surface area contributed by atoms with Gasteiger partial charge in [-0.1, -0.05) is 125 Å². The van der Waals surface area contributed by atoms with Crippen LogP contribution in [0, 0.1) is 0 Å². The van der Waals surface area contributed by atoms with E-state index in [4.69, 9.17) is 23.3 Å². The van der Waals surface area contributed by atoms with E-state index >= 15 is 0 Å². The van der Waals surface area contributed by atoms with Gasteiger partial charge in [-0.25, -0.2) is 4.57 Å². The summed E-state index contributed by atoms with van der Waals surface area (Å²) in [5.74, 6) is -0.902. The first-order chi connectivity index (χ1) is 28.5. The van der Waals surface area contributed by atoms with Crippen LogP contribution in [0.1, 0.15) is 155 Å². The number of carbonyl (C=O) groups excluding carboxylic acids is 2. The van der Waals surface area contributed by atoms with Crippen molar-refractivity contribution >= 4 is 19.8 Å². The molecule has 10 nitrogen and oxygen atoms in total. The van der Waals surface area contributed by atoms with Crippen LogP contribution in [-0.4, -0.2) is 87.1 Å². The van der Waals surface area contributed by atoms with Crippen LogP contribution >= 0.6 is 7.82 Å². The predicted octanol–water partition coefficient (Wildman–Crippen LogP) is 12.0. The molecule has 1 N–H and O–H groups in total. The fraction of sp³-hybridized carbons (Fsp3) is 0.708. The van der Waals surface area contributed by atoms with Gasteiger partial charge >= 0.3 is 19.8 Å². The van der Waals surface area contributed by atoms with Gasteiger partial charge in [0, 0.05) is 12.8 Å². The lowest BCUT2D eigenvalue weighted by atomic mass is 10.1. The van der Waals surface area contributed by atoms with Gasteiger partial charge in [-0.05, 0) is 89.9 Å². The number of quaternary nitrogens is 1. The van der Waals surface area contributed by atoms with Crippen molar-refractivity contribution in [2.75, 3.05) is 47.5 Å². The van der Waals surface area contributed by atoms with Crippen LogP contribution in [0.5, 0.6) is 0 Å². The first-order valence-electron chi connectivity index (χ1n) is 22.8. The smallest absolute Gasteiger partial charge is 0.462 e. The quantitative estimate of drug-likeness (QED) is 0.0161. The first kappa shape index (κ1) is 54.4. The second-order valence-electron chi connectivity index (χ2n) is 16.5. The molecule has 0 radical (unpaired) electrons. The molecular formula is C48H83NO9P+. The molecule has 338 valence electrons. The van der Waals surface area contributed by atoms with Gasteiger partial charge in [0.05, 0.1) is 40.0 Å². The van der Waals surface area contributed by atoms with Crippen LogP contribution in [-0.2, 0) is 37.4 Å². The molecule has 1 saturated heterocycles. The molecule has 4 atom stereocenters. The molecule has 1 fully saturated rings. The lowest BCUT2D eigenvalue weighted by Crippen LogP contribution is -2.37. The van der Waals surface area contributed by atoms with E-state index in [0.29, 0.717) is 36.1 Å². The van der Waals surface area contributed by atoms with Crippen LogP contribution in [0.25, 0.3) is 0 Å². The molecule has 0 aromatic heterocycles. The van der Waals surface area contributed by atoms with Crippen LogP contribution in [0.4, 0.5) is 0 Å². The van der Waals surface area contributed by atoms with Gasteiger partial charge in [0.2, 0.25) is 0 Å². The van der Waals surface area contributed by atoms with E-state index in [1.807, 2.05) is 21.1 Å². The minimum absolute atomic E-state index is 0.0125. The number of carbonyl (C=O) groups is 2. The van der Waals surface area contributed by atoms with E-state index in [2.05, 4.69) is 86.8 Å². The van der Waals surface area contributed by atoms with Gasteiger partial charge < -0.3 is 23.6 Å². The topological polar surface area (TPSA) is 121 Å². The molecule has 1 heterocycles. The van der Waals surface area contributed by atoms with Crippen molar-refractivity contribution < 1.29 is 46.8 Å². The summed E-state index contributed by atoms with van der Waals surface area (Å²) in [6.07, 6.45) is 47.0. The van der Waals surface area contributed by atoms with Crippen LogP contribution in [0.15, 0.2) is 72.9 Å². The third-order valence-corrected chi connectivity index (χ3v) is 10.6. The summed E-state index contributed by atoms with van der Waals surface area (Å²) in [5, 5.41) is 0. The van der Waals surface area contributed by atoms with Gasteiger partial charge in [-0.3, -0.25) is 18.6 Å². The van der Waals surface area contributed by atoms with E-state index in [9.17, 15) is 19.0 Å². The summed E-state index contributed by atoms with van der Waals surface area (Å²) in [4.78, 5) is 35.4.